The monoisotopic (exact) mass is 181 g/mol. The largest absolute Gasteiger partial charge is 0.299 e. The SMILES string of the molecule is CC(=O)C1(CCCCN=[N+]=[N-])CC1. The van der Waals surface area contributed by atoms with Crippen LogP contribution in [0.15, 0.2) is 5.11 Å². The minimum atomic E-state index is 0.0242. The summed E-state index contributed by atoms with van der Waals surface area (Å²) < 4.78 is 0. The molecule has 0 atom stereocenters. The fourth-order valence-corrected chi connectivity index (χ4v) is 1.62. The first kappa shape index (κ1) is 10.1. The van der Waals surface area contributed by atoms with Gasteiger partial charge >= 0.3 is 0 Å². The number of hydrogen-bond acceptors (Lipinski definition) is 2. The van der Waals surface area contributed by atoms with Crippen LogP contribution in [0, 0.1) is 5.41 Å². The molecule has 13 heavy (non-hydrogen) atoms. The third-order valence-electron chi connectivity index (χ3n) is 2.83. The predicted molar refractivity (Wildman–Crippen MR) is 50.2 cm³/mol. The molecule has 0 saturated heterocycles. The molecule has 0 aromatic carbocycles. The number of carbonyl (C=O) groups is 1. The van der Waals surface area contributed by atoms with Gasteiger partial charge in [0.15, 0.2) is 0 Å². The lowest BCUT2D eigenvalue weighted by atomic mass is 9.95. The maximum atomic E-state index is 11.2. The number of Topliss-reactive ketones (excluding diaryl/α,β-unsaturated/α-hetero) is 1. The molecular formula is C9H15N3O. The smallest absolute Gasteiger partial charge is 0.135 e. The summed E-state index contributed by atoms with van der Waals surface area (Å²) in [7, 11) is 0. The molecule has 1 saturated carbocycles. The van der Waals surface area contributed by atoms with Crippen LogP contribution in [0.2, 0.25) is 0 Å². The predicted octanol–water partition coefficient (Wildman–Crippen LogP) is 2.84. The zero-order valence-corrected chi connectivity index (χ0v) is 7.99. The van der Waals surface area contributed by atoms with Crippen molar-refractivity contribution in [2.45, 2.75) is 39.0 Å². The maximum absolute atomic E-state index is 11.2. The van der Waals surface area contributed by atoms with Crippen LogP contribution in [0.3, 0.4) is 0 Å². The van der Waals surface area contributed by atoms with Crippen molar-refractivity contribution in [3.63, 3.8) is 0 Å². The van der Waals surface area contributed by atoms with Crippen LogP contribution >= 0.6 is 0 Å². The molecular weight excluding hydrogens is 166 g/mol. The second-order valence-electron chi connectivity index (χ2n) is 3.75. The minimum absolute atomic E-state index is 0.0242. The molecule has 0 aromatic heterocycles. The average molecular weight is 181 g/mol. The summed E-state index contributed by atoms with van der Waals surface area (Å²) in [6.45, 7) is 2.24. The van der Waals surface area contributed by atoms with Crippen LogP contribution in [-0.2, 0) is 4.79 Å². The van der Waals surface area contributed by atoms with Gasteiger partial charge in [0.05, 0.1) is 0 Å². The van der Waals surface area contributed by atoms with Gasteiger partial charge in [0.1, 0.15) is 5.78 Å². The number of ketones is 1. The summed E-state index contributed by atoms with van der Waals surface area (Å²) in [4.78, 5) is 13.8. The first-order valence-electron chi connectivity index (χ1n) is 4.73. The molecule has 0 heterocycles. The Kier molecular flexibility index (Phi) is 3.32. The number of unbranched alkanes of at least 4 members (excludes halogenated alkanes) is 1. The number of azide groups is 1. The average Bonchev–Trinajstić information content (AvgIpc) is 2.85. The molecule has 1 aliphatic carbocycles. The van der Waals surface area contributed by atoms with E-state index in [9.17, 15) is 4.79 Å². The molecule has 1 rings (SSSR count). The molecule has 0 bridgehead atoms. The number of hydrogen-bond donors (Lipinski definition) is 0. The number of nitrogens with zero attached hydrogens (tertiary/aromatic N) is 3. The number of carbonyl (C=O) groups excluding carboxylic acids is 1. The van der Waals surface area contributed by atoms with Gasteiger partial charge in [-0.2, -0.15) is 0 Å². The van der Waals surface area contributed by atoms with Gasteiger partial charge in [-0.25, -0.2) is 0 Å². The van der Waals surface area contributed by atoms with E-state index in [-0.39, 0.29) is 5.41 Å². The molecule has 0 aromatic rings. The molecule has 0 radical (unpaired) electrons. The molecule has 0 spiro atoms. The summed E-state index contributed by atoms with van der Waals surface area (Å²) in [5, 5.41) is 3.45. The molecule has 1 fully saturated rings. The second kappa shape index (κ2) is 4.28. The fourth-order valence-electron chi connectivity index (χ4n) is 1.62. The van der Waals surface area contributed by atoms with Crippen molar-refractivity contribution in [1.29, 1.82) is 0 Å². The molecule has 0 amide bonds. The van der Waals surface area contributed by atoms with E-state index < -0.39 is 0 Å². The topological polar surface area (TPSA) is 65.8 Å². The molecule has 0 N–H and O–H groups in total. The first-order valence-corrected chi connectivity index (χ1v) is 4.73. The fraction of sp³-hybridized carbons (Fsp3) is 0.889. The van der Waals surface area contributed by atoms with E-state index in [0.717, 1.165) is 32.1 Å². The molecule has 1 aliphatic rings. The van der Waals surface area contributed by atoms with E-state index in [1.165, 1.54) is 0 Å². The van der Waals surface area contributed by atoms with Crippen molar-refractivity contribution in [3.8, 4) is 0 Å². The third kappa shape index (κ3) is 2.74. The van der Waals surface area contributed by atoms with Crippen LogP contribution in [0.5, 0.6) is 0 Å². The highest BCUT2D eigenvalue weighted by Gasteiger charge is 2.45. The Morgan fingerprint density at radius 1 is 1.54 bits per heavy atom. The van der Waals surface area contributed by atoms with E-state index in [1.54, 1.807) is 6.92 Å². The van der Waals surface area contributed by atoms with Crippen molar-refractivity contribution in [1.82, 2.24) is 0 Å². The maximum Gasteiger partial charge on any atom is 0.135 e. The van der Waals surface area contributed by atoms with Gasteiger partial charge in [-0.05, 0) is 38.1 Å². The van der Waals surface area contributed by atoms with E-state index in [1.807, 2.05) is 0 Å². The van der Waals surface area contributed by atoms with Crippen LogP contribution in [0.4, 0.5) is 0 Å². The second-order valence-corrected chi connectivity index (χ2v) is 3.75. The van der Waals surface area contributed by atoms with Gasteiger partial charge in [-0.3, -0.25) is 4.79 Å². The Morgan fingerprint density at radius 3 is 2.69 bits per heavy atom. The highest BCUT2D eigenvalue weighted by atomic mass is 16.1. The van der Waals surface area contributed by atoms with Crippen LogP contribution in [0.1, 0.15) is 39.0 Å². The standard InChI is InChI=1S/C9H15N3O/c1-8(13)9(5-6-9)4-2-3-7-11-12-10/h2-7H2,1H3. The third-order valence-corrected chi connectivity index (χ3v) is 2.83. The van der Waals surface area contributed by atoms with Crippen molar-refractivity contribution < 1.29 is 4.79 Å². The highest BCUT2D eigenvalue weighted by molar-refractivity contribution is 5.84. The van der Waals surface area contributed by atoms with Crippen molar-refractivity contribution >= 4 is 5.78 Å². The summed E-state index contributed by atoms with van der Waals surface area (Å²) in [6.07, 6.45) is 4.99. The number of rotatable bonds is 6. The summed E-state index contributed by atoms with van der Waals surface area (Å²) in [6, 6.07) is 0. The van der Waals surface area contributed by atoms with Crippen LogP contribution in [-0.4, -0.2) is 12.3 Å². The van der Waals surface area contributed by atoms with Gasteiger partial charge in [0.25, 0.3) is 0 Å². The first-order chi connectivity index (χ1) is 6.21. The Bertz CT molecular complexity index is 239. The zero-order valence-electron chi connectivity index (χ0n) is 7.99. The minimum Gasteiger partial charge on any atom is -0.299 e. The van der Waals surface area contributed by atoms with E-state index in [4.69, 9.17) is 5.53 Å². The quantitative estimate of drug-likeness (QED) is 0.269. The van der Waals surface area contributed by atoms with Crippen molar-refractivity contribution in [3.05, 3.63) is 10.4 Å². The summed E-state index contributed by atoms with van der Waals surface area (Å²) in [5.41, 5.74) is 8.05. The zero-order chi connectivity index (χ0) is 9.73. The lowest BCUT2D eigenvalue weighted by molar-refractivity contribution is -0.122. The molecule has 4 heteroatoms. The lowest BCUT2D eigenvalue weighted by Crippen LogP contribution is -2.11. The van der Waals surface area contributed by atoms with Gasteiger partial charge in [0.2, 0.25) is 0 Å². The molecule has 0 unspecified atom stereocenters. The van der Waals surface area contributed by atoms with Crippen molar-refractivity contribution in [2.75, 3.05) is 6.54 Å². The Balaban J connectivity index is 2.12. The van der Waals surface area contributed by atoms with Gasteiger partial charge in [-0.15, -0.1) is 0 Å². The summed E-state index contributed by atoms with van der Waals surface area (Å²) in [5.74, 6) is 0.330. The van der Waals surface area contributed by atoms with Gasteiger partial charge in [0, 0.05) is 16.9 Å². The van der Waals surface area contributed by atoms with Gasteiger partial charge in [-0.1, -0.05) is 11.5 Å². The Hall–Kier alpha value is -1.02. The van der Waals surface area contributed by atoms with E-state index in [0.29, 0.717) is 12.3 Å². The Morgan fingerprint density at radius 2 is 2.23 bits per heavy atom. The molecule has 4 nitrogen and oxygen atoms in total. The van der Waals surface area contributed by atoms with Crippen LogP contribution in [0.25, 0.3) is 10.4 Å². The van der Waals surface area contributed by atoms with Gasteiger partial charge < -0.3 is 0 Å². The highest BCUT2D eigenvalue weighted by Crippen LogP contribution is 2.50. The van der Waals surface area contributed by atoms with Crippen LogP contribution < -0.4 is 0 Å². The normalized spacial score (nSPS) is 17.6. The Labute approximate surface area is 77.9 Å². The van der Waals surface area contributed by atoms with E-state index >= 15 is 0 Å². The molecule has 0 aliphatic heterocycles. The van der Waals surface area contributed by atoms with E-state index in [2.05, 4.69) is 10.0 Å². The lowest BCUT2D eigenvalue weighted by Gasteiger charge is -2.09. The summed E-state index contributed by atoms with van der Waals surface area (Å²) >= 11 is 0. The van der Waals surface area contributed by atoms with Crippen molar-refractivity contribution in [2.24, 2.45) is 10.5 Å². The molecule has 72 valence electrons.